The van der Waals surface area contributed by atoms with Gasteiger partial charge in [-0.15, -0.1) is 0 Å². The molecule has 4 aliphatic rings. The normalized spacial score (nSPS) is 32.6. The third-order valence-corrected chi connectivity index (χ3v) is 7.44. The highest BCUT2D eigenvalue weighted by atomic mass is 16.4. The molecule has 2 N–H and O–H groups in total. The van der Waals surface area contributed by atoms with E-state index in [0.717, 1.165) is 51.4 Å². The Hall–Kier alpha value is -1.68. The first-order chi connectivity index (χ1) is 13.9. The van der Waals surface area contributed by atoms with Gasteiger partial charge in [0.25, 0.3) is 0 Å². The summed E-state index contributed by atoms with van der Waals surface area (Å²) in [7, 11) is 0. The summed E-state index contributed by atoms with van der Waals surface area (Å²) in [6.45, 7) is 4.34. The van der Waals surface area contributed by atoms with E-state index in [1.807, 2.05) is 6.08 Å². The molecule has 0 unspecified atom stereocenters. The SMILES string of the molecule is CCCCCCC(=O)O.C[C@]12C=CC3=C4CCC(=O)C=C4CC[C@H]3[C@@H]1CC[C@@H]2O. The molecule has 0 spiro atoms. The summed E-state index contributed by atoms with van der Waals surface area (Å²) in [6.07, 6.45) is 16.7. The van der Waals surface area contributed by atoms with Gasteiger partial charge in [-0.25, -0.2) is 0 Å². The first-order valence-electron chi connectivity index (χ1n) is 11.4. The van der Waals surface area contributed by atoms with Crippen molar-refractivity contribution < 1.29 is 19.8 Å². The third-order valence-electron chi connectivity index (χ3n) is 7.44. The van der Waals surface area contributed by atoms with Crippen LogP contribution < -0.4 is 0 Å². The lowest BCUT2D eigenvalue weighted by Gasteiger charge is -2.44. The van der Waals surface area contributed by atoms with Crippen LogP contribution in [0.25, 0.3) is 0 Å². The van der Waals surface area contributed by atoms with Crippen LogP contribution in [0.4, 0.5) is 0 Å². The monoisotopic (exact) mass is 400 g/mol. The van der Waals surface area contributed by atoms with Crippen LogP contribution in [0, 0.1) is 17.3 Å². The molecule has 0 saturated heterocycles. The van der Waals surface area contributed by atoms with Gasteiger partial charge in [-0.2, -0.15) is 0 Å². The number of aliphatic hydroxyl groups excluding tert-OH is 1. The second kappa shape index (κ2) is 9.42. The van der Waals surface area contributed by atoms with E-state index in [1.54, 1.807) is 0 Å². The summed E-state index contributed by atoms with van der Waals surface area (Å²) in [4.78, 5) is 21.6. The molecule has 0 aliphatic heterocycles. The van der Waals surface area contributed by atoms with E-state index in [4.69, 9.17) is 5.11 Å². The quantitative estimate of drug-likeness (QED) is 0.608. The number of carbonyl (C=O) groups is 2. The number of rotatable bonds is 5. The average molecular weight is 401 g/mol. The summed E-state index contributed by atoms with van der Waals surface area (Å²) in [5.41, 5.74) is 4.19. The van der Waals surface area contributed by atoms with E-state index in [2.05, 4.69) is 26.0 Å². The van der Waals surface area contributed by atoms with Gasteiger partial charge in [-0.3, -0.25) is 9.59 Å². The van der Waals surface area contributed by atoms with Gasteiger partial charge in [0.15, 0.2) is 5.78 Å². The molecule has 4 heteroatoms. The van der Waals surface area contributed by atoms with Crippen LogP contribution >= 0.6 is 0 Å². The lowest BCUT2D eigenvalue weighted by atomic mass is 9.60. The van der Waals surface area contributed by atoms with Crippen molar-refractivity contribution in [1.82, 2.24) is 0 Å². The van der Waals surface area contributed by atoms with E-state index in [0.29, 0.717) is 30.5 Å². The second-order valence-electron chi connectivity index (χ2n) is 9.32. The standard InChI is InChI=1S/C18H22O2.C7H14O2/c1-18-9-8-14-13-5-3-12(19)10-11(13)2-4-15(14)16(18)6-7-17(18)20;1-2-3-4-5-6-7(8)9/h8-10,15-17,20H,2-7H2,1H3;2-6H2,1H3,(H,8,9)/t15-,16+,17+,18+;/m1./s1. The van der Waals surface area contributed by atoms with Gasteiger partial charge in [-0.05, 0) is 73.2 Å². The van der Waals surface area contributed by atoms with Crippen LogP contribution in [0.3, 0.4) is 0 Å². The molecule has 4 aliphatic carbocycles. The molecule has 0 aromatic heterocycles. The number of carboxylic acid groups (broad SMARTS) is 1. The summed E-state index contributed by atoms with van der Waals surface area (Å²) in [5.74, 6) is 0.807. The Kier molecular flexibility index (Phi) is 7.15. The Morgan fingerprint density at radius 3 is 2.66 bits per heavy atom. The van der Waals surface area contributed by atoms with Gasteiger partial charge in [-0.1, -0.05) is 45.3 Å². The van der Waals surface area contributed by atoms with Crippen LogP contribution in [-0.2, 0) is 9.59 Å². The van der Waals surface area contributed by atoms with Crippen molar-refractivity contribution in [2.75, 3.05) is 0 Å². The van der Waals surface area contributed by atoms with Crippen LogP contribution in [0.1, 0.15) is 84.5 Å². The van der Waals surface area contributed by atoms with E-state index < -0.39 is 5.97 Å². The summed E-state index contributed by atoms with van der Waals surface area (Å²) < 4.78 is 0. The lowest BCUT2D eigenvalue weighted by Crippen LogP contribution is -2.39. The number of aliphatic hydroxyl groups is 1. The molecular formula is C25H36O4. The zero-order valence-corrected chi connectivity index (χ0v) is 18.0. The molecule has 4 atom stereocenters. The Balaban J connectivity index is 0.000000229. The lowest BCUT2D eigenvalue weighted by molar-refractivity contribution is -0.137. The highest BCUT2D eigenvalue weighted by Gasteiger charge is 2.51. The fourth-order valence-corrected chi connectivity index (χ4v) is 5.70. The molecule has 1 saturated carbocycles. The van der Waals surface area contributed by atoms with Crippen molar-refractivity contribution in [3.63, 3.8) is 0 Å². The zero-order chi connectivity index (χ0) is 21.0. The number of hydrogen-bond acceptors (Lipinski definition) is 3. The predicted molar refractivity (Wildman–Crippen MR) is 114 cm³/mol. The van der Waals surface area contributed by atoms with E-state index in [1.165, 1.54) is 23.1 Å². The fraction of sp³-hybridized carbons (Fsp3) is 0.680. The summed E-state index contributed by atoms with van der Waals surface area (Å²) in [5, 5.41) is 18.5. The number of ketones is 1. The highest BCUT2D eigenvalue weighted by molar-refractivity contribution is 5.93. The summed E-state index contributed by atoms with van der Waals surface area (Å²) in [6, 6.07) is 0. The van der Waals surface area contributed by atoms with Crippen LogP contribution in [0.15, 0.2) is 34.9 Å². The molecule has 0 bridgehead atoms. The van der Waals surface area contributed by atoms with Gasteiger partial charge >= 0.3 is 5.97 Å². The molecule has 0 heterocycles. The average Bonchev–Trinajstić information content (AvgIpc) is 3.00. The first kappa shape index (κ1) is 22.0. The number of fused-ring (bicyclic) bond motifs is 4. The largest absolute Gasteiger partial charge is 0.481 e. The highest BCUT2D eigenvalue weighted by Crippen LogP contribution is 2.57. The Labute approximate surface area is 174 Å². The number of carboxylic acids is 1. The minimum absolute atomic E-state index is 0.0274. The molecule has 0 radical (unpaired) electrons. The van der Waals surface area contributed by atoms with E-state index in [-0.39, 0.29) is 11.5 Å². The summed E-state index contributed by atoms with van der Waals surface area (Å²) >= 11 is 0. The maximum atomic E-state index is 11.6. The second-order valence-corrected chi connectivity index (χ2v) is 9.32. The van der Waals surface area contributed by atoms with Gasteiger partial charge in [0.2, 0.25) is 0 Å². The van der Waals surface area contributed by atoms with Crippen LogP contribution in [-0.4, -0.2) is 28.1 Å². The molecule has 1 fully saturated rings. The van der Waals surface area contributed by atoms with Crippen LogP contribution in [0.2, 0.25) is 0 Å². The van der Waals surface area contributed by atoms with Crippen molar-refractivity contribution in [2.24, 2.45) is 17.3 Å². The number of hydrogen-bond donors (Lipinski definition) is 2. The first-order valence-corrected chi connectivity index (χ1v) is 11.4. The zero-order valence-electron chi connectivity index (χ0n) is 18.0. The van der Waals surface area contributed by atoms with E-state index >= 15 is 0 Å². The minimum atomic E-state index is -0.675. The van der Waals surface area contributed by atoms with E-state index in [9.17, 15) is 14.7 Å². The van der Waals surface area contributed by atoms with Crippen molar-refractivity contribution in [2.45, 2.75) is 90.6 Å². The van der Waals surface area contributed by atoms with Gasteiger partial charge in [0.05, 0.1) is 6.10 Å². The van der Waals surface area contributed by atoms with Gasteiger partial charge < -0.3 is 10.2 Å². The molecule has 4 nitrogen and oxygen atoms in total. The van der Waals surface area contributed by atoms with Crippen molar-refractivity contribution in [3.8, 4) is 0 Å². The molecule has 4 rings (SSSR count). The molecule has 0 amide bonds. The maximum absolute atomic E-state index is 11.6. The van der Waals surface area contributed by atoms with Crippen molar-refractivity contribution >= 4 is 11.8 Å². The maximum Gasteiger partial charge on any atom is 0.303 e. The Bertz CT molecular complexity index is 729. The molecular weight excluding hydrogens is 364 g/mol. The smallest absolute Gasteiger partial charge is 0.303 e. The van der Waals surface area contributed by atoms with Gasteiger partial charge in [0.1, 0.15) is 0 Å². The number of carbonyl (C=O) groups excluding carboxylic acids is 1. The van der Waals surface area contributed by atoms with Crippen molar-refractivity contribution in [3.05, 3.63) is 34.9 Å². The molecule has 160 valence electrons. The molecule has 0 aromatic rings. The molecule has 0 aromatic carbocycles. The van der Waals surface area contributed by atoms with Crippen molar-refractivity contribution in [1.29, 1.82) is 0 Å². The number of unbranched alkanes of at least 4 members (excludes halogenated alkanes) is 3. The molecule has 29 heavy (non-hydrogen) atoms. The minimum Gasteiger partial charge on any atom is -0.481 e. The number of aliphatic carboxylic acids is 1. The Morgan fingerprint density at radius 2 is 1.93 bits per heavy atom. The van der Waals surface area contributed by atoms with Crippen LogP contribution in [0.5, 0.6) is 0 Å². The number of allylic oxidation sites excluding steroid dienone is 5. The third kappa shape index (κ3) is 4.74. The fourth-order valence-electron chi connectivity index (χ4n) is 5.70. The predicted octanol–water partition coefficient (Wildman–Crippen LogP) is 5.37. The topological polar surface area (TPSA) is 74.6 Å². The Morgan fingerprint density at radius 1 is 1.14 bits per heavy atom. The van der Waals surface area contributed by atoms with Gasteiger partial charge in [0, 0.05) is 18.3 Å².